The van der Waals surface area contributed by atoms with Gasteiger partial charge in [0.05, 0.1) is 17.6 Å². The Balaban J connectivity index is 1.68. The number of hydrogen-bond acceptors (Lipinski definition) is 6. The first-order valence-corrected chi connectivity index (χ1v) is 10.8. The lowest BCUT2D eigenvalue weighted by Gasteiger charge is -2.07. The van der Waals surface area contributed by atoms with Crippen molar-refractivity contribution in [3.05, 3.63) is 82.2 Å². The van der Waals surface area contributed by atoms with E-state index in [1.807, 2.05) is 36.4 Å². The van der Waals surface area contributed by atoms with E-state index in [0.29, 0.717) is 29.2 Å². The fourth-order valence-electron chi connectivity index (χ4n) is 3.04. The summed E-state index contributed by atoms with van der Waals surface area (Å²) in [5.41, 5.74) is 1.73. The number of benzene rings is 2. The van der Waals surface area contributed by atoms with Gasteiger partial charge in [-0.1, -0.05) is 48.5 Å². The molecule has 2 N–H and O–H groups in total. The van der Waals surface area contributed by atoms with Crippen LogP contribution >= 0.6 is 11.3 Å². The van der Waals surface area contributed by atoms with Crippen LogP contribution in [0.5, 0.6) is 5.75 Å². The Labute approximate surface area is 190 Å². The molecule has 1 aromatic heterocycles. The van der Waals surface area contributed by atoms with Crippen LogP contribution in [0.15, 0.2) is 60.7 Å². The molecule has 0 unspecified atom stereocenters. The predicted octanol–water partition coefficient (Wildman–Crippen LogP) is 3.83. The molecule has 0 saturated carbocycles. The van der Waals surface area contributed by atoms with Gasteiger partial charge in [-0.2, -0.15) is 0 Å². The third kappa shape index (κ3) is 5.95. The molecule has 0 bridgehead atoms. The highest BCUT2D eigenvalue weighted by Gasteiger charge is 2.26. The number of methoxy groups -OCH3 is 1. The van der Waals surface area contributed by atoms with Gasteiger partial charge in [-0.15, -0.1) is 11.3 Å². The summed E-state index contributed by atoms with van der Waals surface area (Å²) in [4.78, 5) is 37.8. The summed E-state index contributed by atoms with van der Waals surface area (Å²) in [6.45, 7) is 1.87. The van der Waals surface area contributed by atoms with E-state index in [2.05, 4.69) is 10.6 Å². The first-order chi connectivity index (χ1) is 15.5. The van der Waals surface area contributed by atoms with Crippen molar-refractivity contribution >= 4 is 34.1 Å². The van der Waals surface area contributed by atoms with E-state index in [4.69, 9.17) is 9.47 Å². The number of rotatable bonds is 9. The Hall–Kier alpha value is -3.65. The zero-order chi connectivity index (χ0) is 22.9. The molecule has 1 heterocycles. The predicted molar refractivity (Wildman–Crippen MR) is 123 cm³/mol. The van der Waals surface area contributed by atoms with Crippen molar-refractivity contribution in [2.24, 2.45) is 0 Å². The van der Waals surface area contributed by atoms with Gasteiger partial charge in [-0.05, 0) is 36.6 Å². The average molecular weight is 453 g/mol. The molecular formula is C24H24N2O5S. The number of anilines is 1. The number of esters is 1. The van der Waals surface area contributed by atoms with Crippen molar-refractivity contribution in [1.82, 2.24) is 5.32 Å². The lowest BCUT2D eigenvalue weighted by molar-refractivity contribution is -0.118. The minimum atomic E-state index is -0.624. The van der Waals surface area contributed by atoms with Gasteiger partial charge in [0, 0.05) is 6.54 Å². The molecule has 3 aromatic rings. The average Bonchev–Trinajstić information content (AvgIpc) is 3.14. The van der Waals surface area contributed by atoms with E-state index in [1.165, 1.54) is 7.11 Å². The summed E-state index contributed by atoms with van der Waals surface area (Å²) < 4.78 is 10.3. The Bertz CT molecular complexity index is 1080. The number of amides is 2. The van der Waals surface area contributed by atoms with Gasteiger partial charge < -0.3 is 20.1 Å². The molecule has 7 nitrogen and oxygen atoms in total. The first kappa shape index (κ1) is 23.0. The summed E-state index contributed by atoms with van der Waals surface area (Å²) in [6, 6.07) is 18.7. The molecular weight excluding hydrogens is 428 g/mol. The third-order valence-corrected chi connectivity index (χ3v) is 5.86. The van der Waals surface area contributed by atoms with Gasteiger partial charge >= 0.3 is 5.97 Å². The van der Waals surface area contributed by atoms with Crippen LogP contribution in [0.1, 0.15) is 31.2 Å². The lowest BCUT2D eigenvalue weighted by Crippen LogP contribution is -2.25. The van der Waals surface area contributed by atoms with Crippen LogP contribution in [0.4, 0.5) is 5.00 Å². The van der Waals surface area contributed by atoms with E-state index in [-0.39, 0.29) is 23.1 Å². The van der Waals surface area contributed by atoms with Crippen LogP contribution in [0.2, 0.25) is 0 Å². The molecule has 2 aromatic carbocycles. The van der Waals surface area contributed by atoms with Gasteiger partial charge in [0.15, 0.2) is 6.61 Å². The second-order valence-corrected chi connectivity index (χ2v) is 7.91. The smallest absolute Gasteiger partial charge is 0.341 e. The lowest BCUT2D eigenvalue weighted by atomic mass is 10.1. The number of nitrogens with one attached hydrogen (secondary N) is 2. The second kappa shape index (κ2) is 11.1. The van der Waals surface area contributed by atoms with Gasteiger partial charge in [-0.3, -0.25) is 9.59 Å². The topological polar surface area (TPSA) is 93.7 Å². The van der Waals surface area contributed by atoms with Gasteiger partial charge in [0.2, 0.25) is 0 Å². The summed E-state index contributed by atoms with van der Waals surface area (Å²) >= 11 is 1.03. The highest BCUT2D eigenvalue weighted by molar-refractivity contribution is 7.18. The van der Waals surface area contributed by atoms with E-state index >= 15 is 0 Å². The maximum absolute atomic E-state index is 12.7. The number of ether oxygens (including phenoxy) is 2. The molecule has 0 saturated heterocycles. The number of carbonyl (C=O) groups is 3. The highest BCUT2D eigenvalue weighted by Crippen LogP contribution is 2.33. The maximum atomic E-state index is 12.7. The van der Waals surface area contributed by atoms with Crippen LogP contribution in [-0.4, -0.2) is 38.0 Å². The fourth-order valence-corrected chi connectivity index (χ4v) is 4.17. The van der Waals surface area contributed by atoms with Gasteiger partial charge in [-0.25, -0.2) is 4.79 Å². The Morgan fingerprint density at radius 3 is 2.28 bits per heavy atom. The minimum Gasteiger partial charge on any atom is -0.484 e. The molecule has 0 radical (unpaired) electrons. The fraction of sp³-hybridized carbons (Fsp3) is 0.208. The monoisotopic (exact) mass is 452 g/mol. The summed E-state index contributed by atoms with van der Waals surface area (Å²) in [6.07, 6.45) is 0.682. The molecule has 0 fully saturated rings. The summed E-state index contributed by atoms with van der Waals surface area (Å²) in [5.74, 6) is -0.830. The molecule has 0 spiro atoms. The molecule has 8 heteroatoms. The molecule has 166 valence electrons. The molecule has 32 heavy (non-hydrogen) atoms. The SMILES string of the molecule is COC(=O)c1c(NC(=O)COc2ccccc2)sc(C(=O)NCCc2ccccc2)c1C. The van der Waals surface area contributed by atoms with E-state index in [1.54, 1.807) is 31.2 Å². The normalized spacial score (nSPS) is 10.3. The van der Waals surface area contributed by atoms with Crippen molar-refractivity contribution in [3.8, 4) is 5.75 Å². The number of para-hydroxylation sites is 1. The molecule has 0 aliphatic rings. The number of thiophene rings is 1. The largest absolute Gasteiger partial charge is 0.484 e. The van der Waals surface area contributed by atoms with Crippen LogP contribution < -0.4 is 15.4 Å². The van der Waals surface area contributed by atoms with Crippen LogP contribution in [0.3, 0.4) is 0 Å². The number of hydrogen-bond donors (Lipinski definition) is 2. The maximum Gasteiger partial charge on any atom is 0.341 e. The zero-order valence-electron chi connectivity index (χ0n) is 17.8. The van der Waals surface area contributed by atoms with Crippen LogP contribution in [0.25, 0.3) is 0 Å². The Morgan fingerprint density at radius 2 is 1.62 bits per heavy atom. The van der Waals surface area contributed by atoms with Crippen molar-refractivity contribution in [2.75, 3.05) is 25.6 Å². The molecule has 2 amide bonds. The molecule has 0 aliphatic heterocycles. The molecule has 0 atom stereocenters. The van der Waals surface area contributed by atoms with Crippen molar-refractivity contribution in [1.29, 1.82) is 0 Å². The quantitative estimate of drug-likeness (QED) is 0.481. The second-order valence-electron chi connectivity index (χ2n) is 6.89. The Kier molecular flexibility index (Phi) is 7.99. The minimum absolute atomic E-state index is 0.166. The molecule has 0 aliphatic carbocycles. The van der Waals surface area contributed by atoms with Crippen LogP contribution in [-0.2, 0) is 16.0 Å². The van der Waals surface area contributed by atoms with Gasteiger partial charge in [0.25, 0.3) is 11.8 Å². The highest BCUT2D eigenvalue weighted by atomic mass is 32.1. The van der Waals surface area contributed by atoms with Crippen molar-refractivity contribution in [2.45, 2.75) is 13.3 Å². The van der Waals surface area contributed by atoms with Crippen LogP contribution in [0, 0.1) is 6.92 Å². The summed E-state index contributed by atoms with van der Waals surface area (Å²) in [5, 5.41) is 5.79. The standard InChI is InChI=1S/C24H24N2O5S/c1-16-20(24(29)30-2)23(26-19(27)15-31-18-11-7-4-8-12-18)32-21(16)22(28)25-14-13-17-9-5-3-6-10-17/h3-12H,13-15H2,1-2H3,(H,25,28)(H,26,27). The van der Waals surface area contributed by atoms with Crippen molar-refractivity contribution in [3.63, 3.8) is 0 Å². The van der Waals surface area contributed by atoms with E-state index < -0.39 is 11.9 Å². The summed E-state index contributed by atoms with van der Waals surface area (Å²) in [7, 11) is 1.25. The Morgan fingerprint density at radius 1 is 0.969 bits per heavy atom. The number of carbonyl (C=O) groups excluding carboxylic acids is 3. The van der Waals surface area contributed by atoms with Gasteiger partial charge in [0.1, 0.15) is 10.8 Å². The van der Waals surface area contributed by atoms with Crippen molar-refractivity contribution < 1.29 is 23.9 Å². The third-order valence-electron chi connectivity index (χ3n) is 4.65. The van der Waals surface area contributed by atoms with E-state index in [0.717, 1.165) is 16.9 Å². The van der Waals surface area contributed by atoms with E-state index in [9.17, 15) is 14.4 Å². The first-order valence-electron chi connectivity index (χ1n) is 10.0. The zero-order valence-corrected chi connectivity index (χ0v) is 18.7. The molecule has 3 rings (SSSR count).